The molecule has 0 aromatic carbocycles. The molecule has 0 saturated carbocycles. The highest BCUT2D eigenvalue weighted by Crippen LogP contribution is 2.30. The molecule has 1 fully saturated rings. The summed E-state index contributed by atoms with van der Waals surface area (Å²) in [5.41, 5.74) is 5.96. The Hall–Kier alpha value is -1.42. The van der Waals surface area contributed by atoms with Crippen LogP contribution in [0.4, 0.5) is 0 Å². The lowest BCUT2D eigenvalue weighted by molar-refractivity contribution is -0.138. The average molecular weight is 192 g/mol. The second kappa shape index (κ2) is 3.38. The number of fused-ring (bicyclic) bond motifs is 1. The molecule has 2 amide bonds. The minimum absolute atomic E-state index is 0.101. The number of hydrogen-bond donors (Lipinski definition) is 1. The van der Waals surface area contributed by atoms with Gasteiger partial charge in [0.25, 0.3) is 5.91 Å². The minimum Gasteiger partial charge on any atom is -0.329 e. The molecular weight excluding hydrogens is 180 g/mol. The van der Waals surface area contributed by atoms with Gasteiger partial charge in [-0.3, -0.25) is 14.5 Å². The fourth-order valence-electron chi connectivity index (χ4n) is 1.87. The van der Waals surface area contributed by atoms with E-state index >= 15 is 0 Å². The van der Waals surface area contributed by atoms with Gasteiger partial charge < -0.3 is 5.73 Å². The molecule has 1 aliphatic carbocycles. The maximum absolute atomic E-state index is 11.7. The fourth-order valence-corrected chi connectivity index (χ4v) is 1.87. The van der Waals surface area contributed by atoms with Crippen LogP contribution in [0.2, 0.25) is 0 Å². The molecule has 74 valence electrons. The second-order valence-electron chi connectivity index (χ2n) is 3.42. The zero-order valence-corrected chi connectivity index (χ0v) is 7.77. The molecule has 2 aliphatic rings. The molecule has 0 spiro atoms. The Bertz CT molecular complexity index is 344. The Kier molecular flexibility index (Phi) is 2.21. The van der Waals surface area contributed by atoms with Crippen molar-refractivity contribution in [2.45, 2.75) is 6.42 Å². The van der Waals surface area contributed by atoms with Crippen LogP contribution >= 0.6 is 0 Å². The third kappa shape index (κ3) is 1.19. The topological polar surface area (TPSA) is 63.4 Å². The first-order valence-corrected chi connectivity index (χ1v) is 4.68. The van der Waals surface area contributed by atoms with Crippen LogP contribution in [0.1, 0.15) is 6.42 Å². The average Bonchev–Trinajstić information content (AvgIpc) is 2.45. The van der Waals surface area contributed by atoms with E-state index in [1.54, 1.807) is 6.08 Å². The maximum Gasteiger partial charge on any atom is 0.257 e. The van der Waals surface area contributed by atoms with Crippen LogP contribution in [0.25, 0.3) is 0 Å². The number of nitrogens with two attached hydrogens (primary N) is 1. The van der Waals surface area contributed by atoms with Gasteiger partial charge in [-0.05, 0) is 6.42 Å². The van der Waals surface area contributed by atoms with E-state index in [0.29, 0.717) is 25.1 Å². The van der Waals surface area contributed by atoms with Crippen molar-refractivity contribution < 1.29 is 9.59 Å². The van der Waals surface area contributed by atoms with E-state index in [1.807, 2.05) is 12.2 Å². The molecular formula is C10H12N2O2. The number of likely N-dealkylation sites (tertiary alicyclic amines) is 1. The van der Waals surface area contributed by atoms with Crippen molar-refractivity contribution >= 4 is 11.8 Å². The predicted octanol–water partition coefficient (Wildman–Crippen LogP) is -0.184. The normalized spacial score (nSPS) is 25.4. The number of imide groups is 1. The zero-order chi connectivity index (χ0) is 10.1. The molecule has 2 N–H and O–H groups in total. The van der Waals surface area contributed by atoms with E-state index < -0.39 is 0 Å². The van der Waals surface area contributed by atoms with Gasteiger partial charge >= 0.3 is 0 Å². The number of carbonyl (C=O) groups excluding carboxylic acids is 2. The molecule has 4 nitrogen and oxygen atoms in total. The number of amides is 2. The Balaban J connectivity index is 2.28. The third-order valence-corrected chi connectivity index (χ3v) is 2.57. The number of allylic oxidation sites excluding steroid dienone is 3. The lowest BCUT2D eigenvalue weighted by Gasteiger charge is -2.11. The minimum atomic E-state index is -0.251. The fraction of sp³-hybridized carbons (Fsp3) is 0.400. The van der Waals surface area contributed by atoms with Crippen LogP contribution in [0.5, 0.6) is 0 Å². The summed E-state index contributed by atoms with van der Waals surface area (Å²) in [6.45, 7) is 0.649. The third-order valence-electron chi connectivity index (χ3n) is 2.57. The first-order valence-electron chi connectivity index (χ1n) is 4.68. The van der Waals surface area contributed by atoms with Crippen molar-refractivity contribution in [2.75, 3.05) is 13.1 Å². The first kappa shape index (κ1) is 9.15. The number of rotatable bonds is 2. The van der Waals surface area contributed by atoms with E-state index in [9.17, 15) is 9.59 Å². The van der Waals surface area contributed by atoms with E-state index in [4.69, 9.17) is 5.73 Å². The van der Waals surface area contributed by atoms with E-state index in [-0.39, 0.29) is 17.7 Å². The van der Waals surface area contributed by atoms with Gasteiger partial charge in [-0.1, -0.05) is 18.2 Å². The molecule has 0 aromatic rings. The molecule has 1 heterocycles. The van der Waals surface area contributed by atoms with Crippen molar-refractivity contribution in [3.8, 4) is 0 Å². The summed E-state index contributed by atoms with van der Waals surface area (Å²) in [5.74, 6) is -0.523. The van der Waals surface area contributed by atoms with Gasteiger partial charge in [0.15, 0.2) is 0 Å². The van der Waals surface area contributed by atoms with Gasteiger partial charge in [0.2, 0.25) is 5.91 Å². The molecule has 1 saturated heterocycles. The van der Waals surface area contributed by atoms with Gasteiger partial charge in [-0.2, -0.15) is 0 Å². The van der Waals surface area contributed by atoms with Crippen molar-refractivity contribution in [3.05, 3.63) is 23.8 Å². The van der Waals surface area contributed by atoms with Crippen LogP contribution in [0.3, 0.4) is 0 Å². The van der Waals surface area contributed by atoms with Crippen molar-refractivity contribution in [1.29, 1.82) is 0 Å². The van der Waals surface area contributed by atoms with E-state index in [0.717, 1.165) is 0 Å². The van der Waals surface area contributed by atoms with Crippen LogP contribution in [-0.4, -0.2) is 29.8 Å². The highest BCUT2D eigenvalue weighted by Gasteiger charge is 2.42. The Morgan fingerprint density at radius 3 is 2.93 bits per heavy atom. The Morgan fingerprint density at radius 1 is 1.50 bits per heavy atom. The summed E-state index contributed by atoms with van der Waals surface area (Å²) in [6.07, 6.45) is 6.09. The van der Waals surface area contributed by atoms with E-state index in [1.165, 1.54) is 4.90 Å². The maximum atomic E-state index is 11.7. The molecule has 14 heavy (non-hydrogen) atoms. The lowest BCUT2D eigenvalue weighted by atomic mass is 9.94. The molecule has 1 aliphatic heterocycles. The SMILES string of the molecule is NCCN1C(=O)C2=CC=CCC2C1=O. The summed E-state index contributed by atoms with van der Waals surface area (Å²) < 4.78 is 0. The summed E-state index contributed by atoms with van der Waals surface area (Å²) >= 11 is 0. The summed E-state index contributed by atoms with van der Waals surface area (Å²) in [4.78, 5) is 24.7. The highest BCUT2D eigenvalue weighted by atomic mass is 16.2. The smallest absolute Gasteiger partial charge is 0.257 e. The van der Waals surface area contributed by atoms with Crippen molar-refractivity contribution in [2.24, 2.45) is 11.7 Å². The lowest BCUT2D eigenvalue weighted by Crippen LogP contribution is -2.35. The van der Waals surface area contributed by atoms with Crippen LogP contribution in [-0.2, 0) is 9.59 Å². The summed E-state index contributed by atoms with van der Waals surface area (Å²) in [7, 11) is 0. The summed E-state index contributed by atoms with van der Waals surface area (Å²) in [5, 5.41) is 0. The van der Waals surface area contributed by atoms with Crippen molar-refractivity contribution in [1.82, 2.24) is 4.90 Å². The van der Waals surface area contributed by atoms with Gasteiger partial charge in [0, 0.05) is 18.7 Å². The largest absolute Gasteiger partial charge is 0.329 e. The monoisotopic (exact) mass is 192 g/mol. The standard InChI is InChI=1S/C10H12N2O2/c11-5-6-12-9(13)7-3-1-2-4-8(7)10(12)14/h1-3,8H,4-6,11H2. The molecule has 1 atom stereocenters. The highest BCUT2D eigenvalue weighted by molar-refractivity contribution is 6.15. The molecule has 4 heteroatoms. The quantitative estimate of drug-likeness (QED) is 0.617. The van der Waals surface area contributed by atoms with Gasteiger partial charge in [0.05, 0.1) is 5.92 Å². The first-order chi connectivity index (χ1) is 6.75. The van der Waals surface area contributed by atoms with Gasteiger partial charge in [-0.25, -0.2) is 0 Å². The van der Waals surface area contributed by atoms with Gasteiger partial charge in [-0.15, -0.1) is 0 Å². The van der Waals surface area contributed by atoms with Crippen LogP contribution in [0, 0.1) is 5.92 Å². The Morgan fingerprint density at radius 2 is 2.29 bits per heavy atom. The molecule has 1 unspecified atom stereocenters. The zero-order valence-electron chi connectivity index (χ0n) is 7.77. The molecule has 0 bridgehead atoms. The Labute approximate surface area is 82.1 Å². The molecule has 0 aromatic heterocycles. The molecule has 0 radical (unpaired) electrons. The second-order valence-corrected chi connectivity index (χ2v) is 3.42. The predicted molar refractivity (Wildman–Crippen MR) is 51.1 cm³/mol. The van der Waals surface area contributed by atoms with Crippen LogP contribution < -0.4 is 5.73 Å². The summed E-state index contributed by atoms with van der Waals surface area (Å²) in [6, 6.07) is 0. The number of carbonyl (C=O) groups is 2. The van der Waals surface area contributed by atoms with E-state index in [2.05, 4.69) is 0 Å². The van der Waals surface area contributed by atoms with Crippen molar-refractivity contribution in [3.63, 3.8) is 0 Å². The molecule has 2 rings (SSSR count). The number of nitrogens with zero attached hydrogens (tertiary/aromatic N) is 1. The number of hydrogen-bond acceptors (Lipinski definition) is 3. The van der Waals surface area contributed by atoms with Gasteiger partial charge in [0.1, 0.15) is 0 Å². The van der Waals surface area contributed by atoms with Crippen LogP contribution in [0.15, 0.2) is 23.8 Å².